The fourth-order valence-electron chi connectivity index (χ4n) is 1.54. The molecule has 0 saturated carbocycles. The third kappa shape index (κ3) is 1.42. The van der Waals surface area contributed by atoms with E-state index >= 15 is 0 Å². The lowest BCUT2D eigenvalue weighted by molar-refractivity contribution is -0.551. The van der Waals surface area contributed by atoms with Gasteiger partial charge in [0.25, 0.3) is 5.01 Å². The van der Waals surface area contributed by atoms with Crippen molar-refractivity contribution in [2.45, 2.75) is 6.61 Å². The molecule has 0 bridgehead atoms. The summed E-state index contributed by atoms with van der Waals surface area (Å²) in [7, 11) is 0. The van der Waals surface area contributed by atoms with Crippen LogP contribution in [0.25, 0.3) is 16.4 Å². The number of thiazole rings is 1. The van der Waals surface area contributed by atoms with Gasteiger partial charge >= 0.3 is 0 Å². The molecule has 2 aromatic rings. The Morgan fingerprint density at radius 3 is 3.07 bits per heavy atom. The van der Waals surface area contributed by atoms with Crippen LogP contribution in [0.4, 0.5) is 0 Å². The zero-order valence-electron chi connectivity index (χ0n) is 7.31. The van der Waals surface area contributed by atoms with Crippen LogP contribution in [-0.2, 0) is 11.3 Å². The fourth-order valence-corrected chi connectivity index (χ4v) is 2.59. The maximum atomic E-state index is 5.23. The average Bonchev–Trinajstić information content (AvgIpc) is 2.56. The zero-order chi connectivity index (χ0) is 8.67. The highest BCUT2D eigenvalue weighted by Gasteiger charge is 2.20. The van der Waals surface area contributed by atoms with Crippen molar-refractivity contribution in [1.82, 2.24) is 0 Å². The van der Waals surface area contributed by atoms with Crippen LogP contribution >= 0.6 is 11.3 Å². The minimum atomic E-state index is 0. The minimum Gasteiger partial charge on any atom is -1.00 e. The molecule has 3 rings (SSSR count). The van der Waals surface area contributed by atoms with Crippen LogP contribution in [0.5, 0.6) is 0 Å². The van der Waals surface area contributed by atoms with Crippen molar-refractivity contribution in [3.8, 4) is 0 Å². The van der Waals surface area contributed by atoms with Gasteiger partial charge in [-0.05, 0) is 6.07 Å². The molecule has 14 heavy (non-hydrogen) atoms. The summed E-state index contributed by atoms with van der Waals surface area (Å²) in [4.78, 5) is 0. The molecule has 0 amide bonds. The monoisotopic (exact) mass is 317 g/mol. The molecular formula is C10H8INOS. The Balaban J connectivity index is 0.000000750. The van der Waals surface area contributed by atoms with E-state index < -0.39 is 0 Å². The van der Waals surface area contributed by atoms with Gasteiger partial charge in [0.2, 0.25) is 11.7 Å². The molecule has 0 saturated heterocycles. The number of halogens is 1. The highest BCUT2D eigenvalue weighted by molar-refractivity contribution is 7.18. The van der Waals surface area contributed by atoms with Crippen molar-refractivity contribution in [1.29, 1.82) is 0 Å². The van der Waals surface area contributed by atoms with Gasteiger partial charge in [-0.2, -0.15) is 0 Å². The molecule has 0 atom stereocenters. The number of para-hydroxylation sites is 1. The normalized spacial score (nSPS) is 13.1. The van der Waals surface area contributed by atoms with E-state index in [-0.39, 0.29) is 24.0 Å². The highest BCUT2D eigenvalue weighted by Crippen LogP contribution is 2.22. The lowest BCUT2D eigenvalue weighted by Gasteiger charge is -1.98. The molecule has 2 heterocycles. The van der Waals surface area contributed by atoms with Crippen LogP contribution in [0, 0.1) is 0 Å². The summed E-state index contributed by atoms with van der Waals surface area (Å²) in [5, 5.41) is 1.25. The smallest absolute Gasteiger partial charge is 0.281 e. The SMILES string of the molecule is C1=C[n+]2c(sc3ccccc32)CO1.[I-]. The molecule has 72 valence electrons. The van der Waals surface area contributed by atoms with Gasteiger partial charge in [-0.3, -0.25) is 0 Å². The predicted molar refractivity (Wildman–Crippen MR) is 52.1 cm³/mol. The first kappa shape index (κ1) is 9.92. The second kappa shape index (κ2) is 3.86. The number of rotatable bonds is 0. The summed E-state index contributed by atoms with van der Waals surface area (Å²) in [6, 6.07) is 8.39. The maximum Gasteiger partial charge on any atom is 0.281 e. The number of fused-ring (bicyclic) bond motifs is 3. The Labute approximate surface area is 103 Å². The van der Waals surface area contributed by atoms with Gasteiger partial charge in [0.05, 0.1) is 0 Å². The van der Waals surface area contributed by atoms with Crippen LogP contribution in [0.2, 0.25) is 0 Å². The van der Waals surface area contributed by atoms with Crippen molar-refractivity contribution in [2.24, 2.45) is 0 Å². The van der Waals surface area contributed by atoms with E-state index in [1.165, 1.54) is 15.2 Å². The lowest BCUT2D eigenvalue weighted by Crippen LogP contribution is -3.00. The van der Waals surface area contributed by atoms with Crippen molar-refractivity contribution < 1.29 is 33.3 Å². The summed E-state index contributed by atoms with van der Waals surface area (Å²) in [5.41, 5.74) is 1.27. The molecule has 1 aliphatic heterocycles. The third-order valence-electron chi connectivity index (χ3n) is 2.13. The minimum absolute atomic E-state index is 0. The number of hydrogen-bond acceptors (Lipinski definition) is 2. The predicted octanol–water partition coefficient (Wildman–Crippen LogP) is -0.849. The molecule has 4 heteroatoms. The van der Waals surface area contributed by atoms with Gasteiger partial charge in [0.1, 0.15) is 11.0 Å². The van der Waals surface area contributed by atoms with Crippen LogP contribution in [-0.4, -0.2) is 0 Å². The largest absolute Gasteiger partial charge is 1.00 e. The van der Waals surface area contributed by atoms with Crippen molar-refractivity contribution in [3.05, 3.63) is 35.5 Å². The summed E-state index contributed by atoms with van der Waals surface area (Å²) >= 11 is 1.79. The van der Waals surface area contributed by atoms with E-state index in [2.05, 4.69) is 28.8 Å². The molecule has 0 fully saturated rings. The third-order valence-corrected chi connectivity index (χ3v) is 3.25. The molecule has 1 aromatic heterocycles. The molecule has 0 N–H and O–H groups in total. The second-order valence-corrected chi connectivity index (χ2v) is 4.04. The van der Waals surface area contributed by atoms with E-state index in [0.29, 0.717) is 6.61 Å². The van der Waals surface area contributed by atoms with Crippen molar-refractivity contribution in [3.63, 3.8) is 0 Å². The Bertz CT molecular complexity index is 492. The van der Waals surface area contributed by atoms with Crippen LogP contribution in [0.1, 0.15) is 5.01 Å². The molecule has 2 nitrogen and oxygen atoms in total. The molecule has 0 aliphatic carbocycles. The molecule has 0 spiro atoms. The van der Waals surface area contributed by atoms with E-state index in [0.717, 1.165) is 0 Å². The van der Waals surface area contributed by atoms with Gasteiger partial charge in [-0.25, -0.2) is 0 Å². The van der Waals surface area contributed by atoms with Gasteiger partial charge in [0, 0.05) is 6.07 Å². The number of ether oxygens (including phenoxy) is 1. The molecule has 1 aliphatic rings. The van der Waals surface area contributed by atoms with Crippen LogP contribution in [0.15, 0.2) is 30.5 Å². The first-order valence-corrected chi connectivity index (χ1v) is 4.97. The van der Waals surface area contributed by atoms with Gasteiger partial charge in [-0.15, -0.1) is 4.57 Å². The number of hydrogen-bond donors (Lipinski definition) is 0. The van der Waals surface area contributed by atoms with E-state index in [9.17, 15) is 0 Å². The number of aromatic nitrogens is 1. The fraction of sp³-hybridized carbons (Fsp3) is 0.100. The topological polar surface area (TPSA) is 13.1 Å². The van der Waals surface area contributed by atoms with Crippen molar-refractivity contribution >= 4 is 27.8 Å². The molecule has 0 unspecified atom stereocenters. The molecule has 0 radical (unpaired) electrons. The van der Waals surface area contributed by atoms with Gasteiger partial charge in [-0.1, -0.05) is 23.5 Å². The lowest BCUT2D eigenvalue weighted by atomic mass is 10.3. The Hall–Kier alpha value is -0.620. The van der Waals surface area contributed by atoms with Crippen LogP contribution < -0.4 is 28.5 Å². The second-order valence-electron chi connectivity index (χ2n) is 2.93. The maximum absolute atomic E-state index is 5.23. The first-order chi connectivity index (χ1) is 6.45. The van der Waals surface area contributed by atoms with Gasteiger partial charge in [0.15, 0.2) is 6.61 Å². The Morgan fingerprint density at radius 1 is 1.29 bits per heavy atom. The molecular weight excluding hydrogens is 309 g/mol. The number of nitrogens with zero attached hydrogens (tertiary/aromatic N) is 1. The first-order valence-electron chi connectivity index (χ1n) is 4.15. The van der Waals surface area contributed by atoms with E-state index in [4.69, 9.17) is 4.74 Å². The highest BCUT2D eigenvalue weighted by atomic mass is 127. The standard InChI is InChI=1S/C10H8NOS.HI/c1-2-4-9-8(3-1)11-5-6-12-7-10(11)13-9;/h1-6H,7H2;1H/q+1;/p-1. The zero-order valence-corrected chi connectivity index (χ0v) is 10.3. The summed E-state index contributed by atoms with van der Waals surface area (Å²) in [5.74, 6) is 0. The van der Waals surface area contributed by atoms with E-state index in [1.54, 1.807) is 17.6 Å². The van der Waals surface area contributed by atoms with Crippen molar-refractivity contribution in [2.75, 3.05) is 0 Å². The van der Waals surface area contributed by atoms with Crippen LogP contribution in [0.3, 0.4) is 0 Å². The average molecular weight is 317 g/mol. The van der Waals surface area contributed by atoms with Gasteiger partial charge < -0.3 is 28.7 Å². The Morgan fingerprint density at radius 2 is 2.14 bits per heavy atom. The number of benzene rings is 1. The van der Waals surface area contributed by atoms with E-state index in [1.807, 2.05) is 6.20 Å². The molecule has 1 aromatic carbocycles. The Kier molecular flexibility index (Phi) is 2.73. The summed E-state index contributed by atoms with van der Waals surface area (Å²) in [6.07, 6.45) is 3.71. The summed E-state index contributed by atoms with van der Waals surface area (Å²) < 4.78 is 8.73. The summed E-state index contributed by atoms with van der Waals surface area (Å²) in [6.45, 7) is 0.690. The quantitative estimate of drug-likeness (QED) is 0.456.